The summed E-state index contributed by atoms with van der Waals surface area (Å²) >= 11 is 0. The lowest BCUT2D eigenvalue weighted by Gasteiger charge is -2.38. The highest BCUT2D eigenvalue weighted by molar-refractivity contribution is 7.95. The molecule has 0 aliphatic carbocycles. The topological polar surface area (TPSA) is 23.8 Å². The molecule has 3 aromatic carbocycles. The average molecular weight is 316 g/mol. The predicted molar refractivity (Wildman–Crippen MR) is 100 cm³/mol. The van der Waals surface area contributed by atoms with Gasteiger partial charge in [-0.15, -0.1) is 0 Å². The maximum atomic E-state index is 9.24. The largest absolute Gasteiger partial charge is 0.198 e. The van der Waals surface area contributed by atoms with E-state index in [0.29, 0.717) is 6.42 Å². The second kappa shape index (κ2) is 7.23. The molecule has 1 radical (unpaired) electrons. The lowest BCUT2D eigenvalue weighted by molar-refractivity contribution is 1.23. The van der Waals surface area contributed by atoms with E-state index in [1.807, 2.05) is 0 Å². The maximum absolute atomic E-state index is 9.24. The van der Waals surface area contributed by atoms with E-state index < -0.39 is 7.26 Å². The van der Waals surface area contributed by atoms with Gasteiger partial charge in [-0.25, -0.2) is 0 Å². The first-order valence-electron chi connectivity index (χ1n) is 7.80. The lowest BCUT2D eigenvalue weighted by Crippen LogP contribution is -2.33. The van der Waals surface area contributed by atoms with Gasteiger partial charge >= 0.3 is 0 Å². The van der Waals surface area contributed by atoms with Crippen molar-refractivity contribution in [1.29, 1.82) is 5.26 Å². The van der Waals surface area contributed by atoms with Crippen molar-refractivity contribution in [1.82, 2.24) is 0 Å². The molecule has 0 fully saturated rings. The average Bonchev–Trinajstić information content (AvgIpc) is 2.65. The van der Waals surface area contributed by atoms with Crippen LogP contribution in [0.25, 0.3) is 0 Å². The number of hydrogen-bond donors (Lipinski definition) is 0. The number of nitrogens with zero attached hydrogens (tertiary/aromatic N) is 1. The molecule has 2 heteroatoms. The first-order chi connectivity index (χ1) is 11.4. The van der Waals surface area contributed by atoms with Crippen molar-refractivity contribution in [2.75, 3.05) is 6.16 Å². The van der Waals surface area contributed by atoms with Gasteiger partial charge in [0.25, 0.3) is 0 Å². The van der Waals surface area contributed by atoms with E-state index in [9.17, 15) is 5.26 Å². The molecule has 0 N–H and O–H groups in total. The standard InChI is InChI=1S/C21H19NP/c22-17-10-18-23(19-11-4-1-5-12-19,20-13-6-2-7-14-20)21-15-8-3-9-16-21/h1-9,11-16H,10,18H2. The molecule has 0 aromatic heterocycles. The summed E-state index contributed by atoms with van der Waals surface area (Å²) < 4.78 is 0. The first kappa shape index (κ1) is 15.5. The van der Waals surface area contributed by atoms with Crippen LogP contribution in [-0.4, -0.2) is 6.16 Å². The molecule has 0 aliphatic rings. The second-order valence-corrected chi connectivity index (χ2v) is 9.06. The van der Waals surface area contributed by atoms with Gasteiger partial charge in [-0.3, -0.25) is 0 Å². The SMILES string of the molecule is N#CCC[P](c1ccccc1)(c1ccccc1)c1ccccc1. The van der Waals surface area contributed by atoms with Gasteiger partial charge in [0.2, 0.25) is 0 Å². The highest BCUT2D eigenvalue weighted by Crippen LogP contribution is 2.55. The van der Waals surface area contributed by atoms with E-state index in [0.717, 1.165) is 6.16 Å². The molecule has 3 rings (SSSR count). The molecule has 0 saturated carbocycles. The van der Waals surface area contributed by atoms with Crippen LogP contribution >= 0.6 is 7.26 Å². The lowest BCUT2D eigenvalue weighted by atomic mass is 10.4. The Morgan fingerprint density at radius 1 is 0.609 bits per heavy atom. The zero-order valence-electron chi connectivity index (χ0n) is 13.0. The summed E-state index contributed by atoms with van der Waals surface area (Å²) in [5, 5.41) is 13.3. The molecule has 0 aliphatic heterocycles. The van der Waals surface area contributed by atoms with Gasteiger partial charge in [0.1, 0.15) is 0 Å². The summed E-state index contributed by atoms with van der Waals surface area (Å²) in [7, 11) is -1.79. The van der Waals surface area contributed by atoms with E-state index in [1.54, 1.807) is 0 Å². The zero-order valence-corrected chi connectivity index (χ0v) is 13.9. The minimum Gasteiger partial charge on any atom is -0.198 e. The normalized spacial score (nSPS) is 10.9. The van der Waals surface area contributed by atoms with E-state index in [2.05, 4.69) is 97.1 Å². The van der Waals surface area contributed by atoms with Gasteiger partial charge in [0.05, 0.1) is 6.07 Å². The molecule has 3 aromatic rings. The fourth-order valence-electron chi connectivity index (χ4n) is 3.10. The van der Waals surface area contributed by atoms with Crippen LogP contribution in [0.5, 0.6) is 0 Å². The Hall–Kier alpha value is -2.42. The monoisotopic (exact) mass is 316 g/mol. The Morgan fingerprint density at radius 2 is 0.957 bits per heavy atom. The van der Waals surface area contributed by atoms with Crippen molar-refractivity contribution in [3.05, 3.63) is 91.0 Å². The number of benzene rings is 3. The van der Waals surface area contributed by atoms with Crippen LogP contribution < -0.4 is 15.9 Å². The molecule has 0 saturated heterocycles. The number of rotatable bonds is 5. The van der Waals surface area contributed by atoms with Crippen LogP contribution in [-0.2, 0) is 0 Å². The van der Waals surface area contributed by atoms with Gasteiger partial charge in [-0.1, -0.05) is 91.0 Å². The van der Waals surface area contributed by atoms with E-state index in [1.165, 1.54) is 15.9 Å². The number of hydrogen-bond acceptors (Lipinski definition) is 1. The molecule has 0 bridgehead atoms. The van der Waals surface area contributed by atoms with E-state index in [4.69, 9.17) is 0 Å². The van der Waals surface area contributed by atoms with Crippen LogP contribution in [0, 0.1) is 11.3 Å². The third-order valence-corrected chi connectivity index (χ3v) is 8.58. The summed E-state index contributed by atoms with van der Waals surface area (Å²) in [5.41, 5.74) is 0. The number of nitriles is 1. The molecule has 1 nitrogen and oxygen atoms in total. The van der Waals surface area contributed by atoms with Gasteiger partial charge in [0.15, 0.2) is 0 Å². The molecule has 0 amide bonds. The fraction of sp³-hybridized carbons (Fsp3) is 0.0952. The molecule has 0 atom stereocenters. The van der Waals surface area contributed by atoms with Crippen molar-refractivity contribution in [3.8, 4) is 6.07 Å². The van der Waals surface area contributed by atoms with Crippen molar-refractivity contribution < 1.29 is 0 Å². The smallest absolute Gasteiger partial charge is 0.0625 e. The second-order valence-electron chi connectivity index (χ2n) is 5.45. The third kappa shape index (κ3) is 3.04. The van der Waals surface area contributed by atoms with Crippen molar-refractivity contribution >= 4 is 23.2 Å². The van der Waals surface area contributed by atoms with Gasteiger partial charge in [-0.05, 0) is 29.3 Å². The van der Waals surface area contributed by atoms with Crippen LogP contribution in [0.15, 0.2) is 91.0 Å². The summed E-state index contributed by atoms with van der Waals surface area (Å²) in [6.45, 7) is 0. The zero-order chi connectivity index (χ0) is 16.0. The molecule has 23 heavy (non-hydrogen) atoms. The minimum absolute atomic E-state index is 0.562. The summed E-state index contributed by atoms with van der Waals surface area (Å²) in [6, 6.07) is 34.4. The minimum atomic E-state index is -1.79. The van der Waals surface area contributed by atoms with Gasteiger partial charge in [0, 0.05) is 6.42 Å². The van der Waals surface area contributed by atoms with E-state index in [-0.39, 0.29) is 0 Å². The van der Waals surface area contributed by atoms with E-state index >= 15 is 0 Å². The van der Waals surface area contributed by atoms with Gasteiger partial charge < -0.3 is 0 Å². The quantitative estimate of drug-likeness (QED) is 0.655. The van der Waals surface area contributed by atoms with Crippen LogP contribution in [0.3, 0.4) is 0 Å². The van der Waals surface area contributed by atoms with Crippen molar-refractivity contribution in [2.24, 2.45) is 0 Å². The van der Waals surface area contributed by atoms with Crippen LogP contribution in [0.4, 0.5) is 0 Å². The van der Waals surface area contributed by atoms with Crippen LogP contribution in [0.1, 0.15) is 6.42 Å². The third-order valence-electron chi connectivity index (χ3n) is 4.15. The predicted octanol–water partition coefficient (Wildman–Crippen LogP) is 3.89. The molecular weight excluding hydrogens is 297 g/mol. The summed E-state index contributed by atoms with van der Waals surface area (Å²) in [6.07, 6.45) is 1.44. The highest BCUT2D eigenvalue weighted by atomic mass is 31.2. The Bertz CT molecular complexity index is 680. The molecule has 0 heterocycles. The first-order valence-corrected chi connectivity index (χ1v) is 9.77. The molecule has 0 spiro atoms. The van der Waals surface area contributed by atoms with Crippen molar-refractivity contribution in [3.63, 3.8) is 0 Å². The Kier molecular flexibility index (Phi) is 4.86. The molecular formula is C21H19NP. The summed E-state index contributed by atoms with van der Waals surface area (Å²) in [5.74, 6) is 0. The molecule has 113 valence electrons. The summed E-state index contributed by atoms with van der Waals surface area (Å²) in [4.78, 5) is 0. The van der Waals surface area contributed by atoms with Gasteiger partial charge in [-0.2, -0.15) is 5.26 Å². The Balaban J connectivity index is 2.28. The van der Waals surface area contributed by atoms with Crippen LogP contribution in [0.2, 0.25) is 0 Å². The fourth-order valence-corrected chi connectivity index (χ4v) is 7.25. The Morgan fingerprint density at radius 3 is 1.26 bits per heavy atom. The Labute approximate surface area is 138 Å². The molecule has 0 unspecified atom stereocenters. The highest BCUT2D eigenvalue weighted by Gasteiger charge is 2.33. The maximum Gasteiger partial charge on any atom is 0.0625 e. The van der Waals surface area contributed by atoms with Crippen molar-refractivity contribution in [2.45, 2.75) is 6.42 Å².